The molecule has 0 aromatic heterocycles. The summed E-state index contributed by atoms with van der Waals surface area (Å²) in [6, 6.07) is 5.32. The number of nitro benzene ring substituents is 1. The number of fused-ring (bicyclic) bond motifs is 1. The Morgan fingerprint density at radius 1 is 1.07 bits per heavy atom. The monoisotopic (exact) mass is 552 g/mol. The summed E-state index contributed by atoms with van der Waals surface area (Å²) < 4.78 is 2.49. The zero-order valence-corrected chi connectivity index (χ0v) is 25.7. The Kier molecular flexibility index (Phi) is 9.16. The number of nitrogens with zero attached hydrogens (tertiary/aromatic N) is 3. The second kappa shape index (κ2) is 12.4. The second-order valence-electron chi connectivity index (χ2n) is 12.2. The number of unbranched alkanes of at least 4 members (excludes halogenated alkanes) is 2. The lowest BCUT2D eigenvalue weighted by Crippen LogP contribution is -2.27. The molecule has 0 N–H and O–H groups in total. The highest BCUT2D eigenvalue weighted by atomic mass is 16.6. The highest BCUT2D eigenvalue weighted by molar-refractivity contribution is 6.01. The van der Waals surface area contributed by atoms with Gasteiger partial charge in [0.15, 0.2) is 5.71 Å². The summed E-state index contributed by atoms with van der Waals surface area (Å²) in [5.41, 5.74) is 8.13. The van der Waals surface area contributed by atoms with Gasteiger partial charge in [-0.2, -0.15) is 4.58 Å². The van der Waals surface area contributed by atoms with Crippen LogP contribution >= 0.6 is 0 Å². The predicted molar refractivity (Wildman–Crippen MR) is 173 cm³/mol. The summed E-state index contributed by atoms with van der Waals surface area (Å²) in [6.07, 6.45) is 24.8. The third-order valence-corrected chi connectivity index (χ3v) is 8.65. The molecule has 0 fully saturated rings. The fraction of sp³-hybridized carbons (Fsp3) is 0.417. The fourth-order valence-electron chi connectivity index (χ4n) is 6.52. The SMILES string of the molecule is C=CC=C1/C(=C2/C=CC=CC2)C(C)(C)C(/C=C/C=C2\N(CCCC)c3ccc([N+](=O)[O-])cc3C2(C)C)=[N+]1CCCC. The Balaban J connectivity index is 1.82. The van der Waals surface area contributed by atoms with E-state index in [1.165, 1.54) is 28.3 Å². The first kappa shape index (κ1) is 30.2. The van der Waals surface area contributed by atoms with Gasteiger partial charge in [0.05, 0.1) is 10.3 Å². The lowest BCUT2D eigenvalue weighted by Gasteiger charge is -2.27. The van der Waals surface area contributed by atoms with Crippen molar-refractivity contribution >= 4 is 17.1 Å². The van der Waals surface area contributed by atoms with E-state index in [9.17, 15) is 10.1 Å². The van der Waals surface area contributed by atoms with Crippen LogP contribution in [0.4, 0.5) is 11.4 Å². The van der Waals surface area contributed by atoms with Crippen LogP contribution in [-0.4, -0.2) is 28.3 Å². The van der Waals surface area contributed by atoms with E-state index in [2.05, 4.69) is 106 Å². The Morgan fingerprint density at radius 2 is 1.83 bits per heavy atom. The van der Waals surface area contributed by atoms with Crippen LogP contribution in [0.25, 0.3) is 0 Å². The maximum absolute atomic E-state index is 11.6. The van der Waals surface area contributed by atoms with Gasteiger partial charge in [-0.05, 0) is 50.0 Å². The van der Waals surface area contributed by atoms with Gasteiger partial charge >= 0.3 is 0 Å². The summed E-state index contributed by atoms with van der Waals surface area (Å²) in [6.45, 7) is 19.3. The first-order chi connectivity index (χ1) is 19.6. The quantitative estimate of drug-likeness (QED) is 0.165. The van der Waals surface area contributed by atoms with Crippen molar-refractivity contribution in [2.45, 2.75) is 79.1 Å². The van der Waals surface area contributed by atoms with Crippen LogP contribution in [-0.2, 0) is 5.41 Å². The fourth-order valence-corrected chi connectivity index (χ4v) is 6.52. The molecule has 5 nitrogen and oxygen atoms in total. The Morgan fingerprint density at radius 3 is 2.46 bits per heavy atom. The standard InChI is InChI=1S/C36H46N3O2/c1-8-11-24-37-30-23-22-28(39(40)41)26-29(30)35(4,5)32(37)20-16-21-33-36(6,7)34(27-18-14-13-15-19-27)31(17-10-3)38(33)25-12-9-2/h10,13-18,20-23,26H,3,8-9,11-12,19,24-25H2,1-2,4-7H3/q+1/b31-17?,34-27+. The first-order valence-electron chi connectivity index (χ1n) is 15.1. The van der Waals surface area contributed by atoms with Gasteiger partial charge in [-0.15, -0.1) is 0 Å². The van der Waals surface area contributed by atoms with Crippen LogP contribution in [0, 0.1) is 15.5 Å². The van der Waals surface area contributed by atoms with Crippen LogP contribution in [0.3, 0.4) is 0 Å². The van der Waals surface area contributed by atoms with Crippen LogP contribution in [0.5, 0.6) is 0 Å². The third kappa shape index (κ3) is 5.72. The molecule has 0 saturated heterocycles. The van der Waals surface area contributed by atoms with Gasteiger partial charge in [0.25, 0.3) is 5.69 Å². The number of benzene rings is 1. The van der Waals surface area contributed by atoms with Crippen LogP contribution in [0.15, 0.2) is 102 Å². The molecule has 0 saturated carbocycles. The number of non-ortho nitro benzene ring substituents is 1. The molecule has 216 valence electrons. The summed E-state index contributed by atoms with van der Waals surface area (Å²) in [7, 11) is 0. The van der Waals surface area contributed by atoms with Crippen molar-refractivity contribution in [3.05, 3.63) is 118 Å². The largest absolute Gasteiger partial charge is 0.344 e. The van der Waals surface area contributed by atoms with Crippen LogP contribution < -0.4 is 4.90 Å². The number of hydrogen-bond donors (Lipinski definition) is 0. The van der Waals surface area contributed by atoms with Gasteiger partial charge < -0.3 is 4.90 Å². The molecule has 0 spiro atoms. The van der Waals surface area contributed by atoms with Crippen molar-refractivity contribution in [2.24, 2.45) is 5.41 Å². The van der Waals surface area contributed by atoms with E-state index in [-0.39, 0.29) is 21.4 Å². The normalized spacial score (nSPS) is 22.9. The van der Waals surface area contributed by atoms with Gasteiger partial charge in [0, 0.05) is 59.6 Å². The Hall–Kier alpha value is -3.73. The molecule has 0 amide bonds. The van der Waals surface area contributed by atoms with E-state index in [1.54, 1.807) is 12.1 Å². The average Bonchev–Trinajstić information content (AvgIpc) is 3.29. The van der Waals surface area contributed by atoms with E-state index in [1.807, 2.05) is 12.1 Å². The molecule has 1 aliphatic carbocycles. The molecule has 0 radical (unpaired) electrons. The van der Waals surface area contributed by atoms with Crippen molar-refractivity contribution < 1.29 is 9.50 Å². The van der Waals surface area contributed by atoms with Crippen molar-refractivity contribution in [2.75, 3.05) is 18.0 Å². The number of allylic oxidation sites excluding steroid dienone is 12. The second-order valence-corrected chi connectivity index (χ2v) is 12.2. The molecule has 0 atom stereocenters. The maximum Gasteiger partial charge on any atom is 0.269 e. The van der Waals surface area contributed by atoms with E-state index in [4.69, 9.17) is 0 Å². The van der Waals surface area contributed by atoms with Crippen molar-refractivity contribution in [1.82, 2.24) is 0 Å². The minimum absolute atomic E-state index is 0.146. The smallest absolute Gasteiger partial charge is 0.269 e. The molecule has 41 heavy (non-hydrogen) atoms. The van der Waals surface area contributed by atoms with E-state index in [0.717, 1.165) is 56.4 Å². The minimum atomic E-state index is -0.350. The molecule has 2 heterocycles. The lowest BCUT2D eigenvalue weighted by molar-refractivity contribution is -0.468. The number of hydrogen-bond acceptors (Lipinski definition) is 3. The Labute approximate surface area is 246 Å². The number of rotatable bonds is 10. The predicted octanol–water partition coefficient (Wildman–Crippen LogP) is 9.11. The van der Waals surface area contributed by atoms with Gasteiger partial charge in [-0.3, -0.25) is 10.1 Å². The van der Waals surface area contributed by atoms with E-state index < -0.39 is 0 Å². The van der Waals surface area contributed by atoms with Crippen molar-refractivity contribution in [1.29, 1.82) is 0 Å². The highest BCUT2D eigenvalue weighted by Crippen LogP contribution is 2.49. The van der Waals surface area contributed by atoms with E-state index >= 15 is 0 Å². The maximum atomic E-state index is 11.6. The van der Waals surface area contributed by atoms with Crippen molar-refractivity contribution in [3.63, 3.8) is 0 Å². The summed E-state index contributed by atoms with van der Waals surface area (Å²) in [4.78, 5) is 13.7. The summed E-state index contributed by atoms with van der Waals surface area (Å²) >= 11 is 0. The number of anilines is 1. The van der Waals surface area contributed by atoms with E-state index in [0.29, 0.717) is 0 Å². The molecule has 0 unspecified atom stereocenters. The molecule has 3 aliphatic rings. The molecule has 4 rings (SSSR count). The molecule has 0 bridgehead atoms. The average molecular weight is 553 g/mol. The molecule has 1 aromatic carbocycles. The molecule has 5 heteroatoms. The lowest BCUT2D eigenvalue weighted by atomic mass is 9.77. The van der Waals surface area contributed by atoms with Gasteiger partial charge in [-0.1, -0.05) is 83.6 Å². The molecule has 1 aromatic rings. The topological polar surface area (TPSA) is 49.4 Å². The summed E-state index contributed by atoms with van der Waals surface area (Å²) in [5, 5.41) is 11.6. The van der Waals surface area contributed by atoms with Gasteiger partial charge in [-0.25, -0.2) is 0 Å². The zero-order valence-electron chi connectivity index (χ0n) is 25.7. The highest BCUT2D eigenvalue weighted by Gasteiger charge is 2.48. The van der Waals surface area contributed by atoms with Crippen LogP contribution in [0.2, 0.25) is 0 Å². The third-order valence-electron chi connectivity index (χ3n) is 8.65. The zero-order chi connectivity index (χ0) is 29.8. The summed E-state index contributed by atoms with van der Waals surface area (Å²) in [5.74, 6) is 0. The molecular weight excluding hydrogens is 506 g/mol. The molecular formula is C36H46N3O2+. The van der Waals surface area contributed by atoms with Gasteiger partial charge in [0.1, 0.15) is 6.54 Å². The number of nitro groups is 1. The minimum Gasteiger partial charge on any atom is -0.344 e. The Bertz CT molecular complexity index is 1430. The van der Waals surface area contributed by atoms with Crippen molar-refractivity contribution in [3.8, 4) is 0 Å². The van der Waals surface area contributed by atoms with Gasteiger partial charge in [0.2, 0.25) is 5.70 Å². The first-order valence-corrected chi connectivity index (χ1v) is 15.1. The molecule has 2 aliphatic heterocycles. The van der Waals surface area contributed by atoms with Crippen LogP contribution in [0.1, 0.15) is 79.2 Å².